The summed E-state index contributed by atoms with van der Waals surface area (Å²) in [5, 5.41) is 10.4. The molecule has 0 bridgehead atoms. The van der Waals surface area contributed by atoms with E-state index in [1.54, 1.807) is 0 Å². The zero-order valence-corrected chi connectivity index (χ0v) is 12.1. The molecule has 1 aromatic heterocycles. The van der Waals surface area contributed by atoms with Crippen LogP contribution >= 0.6 is 0 Å². The molecular weight excluding hydrogens is 276 g/mol. The highest BCUT2D eigenvalue weighted by Crippen LogP contribution is 2.30. The second kappa shape index (κ2) is 6.03. The molecule has 4 heteroatoms. The summed E-state index contributed by atoms with van der Waals surface area (Å²) in [7, 11) is 0. The summed E-state index contributed by atoms with van der Waals surface area (Å²) < 4.78 is 0. The number of carbonyl (C=O) groups is 1. The molecule has 0 unspecified atom stereocenters. The van der Waals surface area contributed by atoms with Gasteiger partial charge in [-0.15, -0.1) is 0 Å². The lowest BCUT2D eigenvalue weighted by Gasteiger charge is -2.21. The van der Waals surface area contributed by atoms with Gasteiger partial charge in [0.15, 0.2) is 0 Å². The lowest BCUT2D eigenvalue weighted by Crippen LogP contribution is -2.37. The molecule has 0 amide bonds. The van der Waals surface area contributed by atoms with Gasteiger partial charge in [-0.25, -0.2) is 0 Å². The molecule has 3 aromatic rings. The highest BCUT2D eigenvalue weighted by Gasteiger charge is 2.28. The van der Waals surface area contributed by atoms with Crippen LogP contribution in [0.4, 0.5) is 0 Å². The van der Waals surface area contributed by atoms with Gasteiger partial charge in [-0.1, -0.05) is 48.5 Å². The van der Waals surface area contributed by atoms with E-state index in [2.05, 4.69) is 4.98 Å². The molecule has 0 saturated heterocycles. The van der Waals surface area contributed by atoms with Gasteiger partial charge in [0.1, 0.15) is 6.04 Å². The van der Waals surface area contributed by atoms with Gasteiger partial charge in [-0.3, -0.25) is 4.79 Å². The molecule has 2 aromatic carbocycles. The van der Waals surface area contributed by atoms with Crippen LogP contribution in [-0.2, 0) is 11.2 Å². The predicted molar refractivity (Wildman–Crippen MR) is 86.8 cm³/mol. The van der Waals surface area contributed by atoms with Crippen LogP contribution in [0.3, 0.4) is 0 Å². The Morgan fingerprint density at radius 3 is 2.50 bits per heavy atom. The number of nitrogens with two attached hydrogens (primary N) is 1. The third-order valence-corrected chi connectivity index (χ3v) is 4.04. The molecule has 1 heterocycles. The van der Waals surface area contributed by atoms with Crippen LogP contribution in [0.25, 0.3) is 10.9 Å². The summed E-state index contributed by atoms with van der Waals surface area (Å²) in [6, 6.07) is 16.8. The van der Waals surface area contributed by atoms with E-state index in [-0.39, 0.29) is 5.92 Å². The number of aromatic nitrogens is 1. The number of benzene rings is 2. The number of rotatable bonds is 5. The van der Waals surface area contributed by atoms with Gasteiger partial charge in [-0.05, 0) is 23.6 Å². The Hall–Kier alpha value is -2.59. The van der Waals surface area contributed by atoms with Crippen LogP contribution in [-0.4, -0.2) is 22.1 Å². The highest BCUT2D eigenvalue weighted by atomic mass is 16.4. The van der Waals surface area contributed by atoms with Crippen LogP contribution in [0.1, 0.15) is 17.0 Å². The molecule has 2 atom stereocenters. The number of H-pyrrole nitrogens is 1. The first-order valence-electron chi connectivity index (χ1n) is 7.25. The number of aromatic amines is 1. The number of fused-ring (bicyclic) bond motifs is 1. The van der Waals surface area contributed by atoms with Crippen molar-refractivity contribution < 1.29 is 9.90 Å². The zero-order chi connectivity index (χ0) is 15.5. The predicted octanol–water partition coefficient (Wildman–Crippen LogP) is 2.91. The smallest absolute Gasteiger partial charge is 0.321 e. The third kappa shape index (κ3) is 2.73. The maximum atomic E-state index is 11.4. The van der Waals surface area contributed by atoms with Crippen molar-refractivity contribution in [2.24, 2.45) is 5.73 Å². The number of para-hydroxylation sites is 1. The standard InChI is InChI=1S/C18H18N2O2/c19-17(18(21)22)14(10-12-6-2-1-3-7-12)15-11-20-16-9-5-4-8-13(15)16/h1-9,11,14,17,20H,10,19H2,(H,21,22)/t14-,17+/m1/s1. The molecule has 0 spiro atoms. The van der Waals surface area contributed by atoms with Crippen molar-refractivity contribution in [2.75, 3.05) is 0 Å². The van der Waals surface area contributed by atoms with Crippen molar-refractivity contribution in [1.29, 1.82) is 0 Å². The number of nitrogens with one attached hydrogen (secondary N) is 1. The minimum atomic E-state index is -0.980. The quantitative estimate of drug-likeness (QED) is 0.677. The lowest BCUT2D eigenvalue weighted by atomic mass is 9.86. The van der Waals surface area contributed by atoms with E-state index >= 15 is 0 Å². The van der Waals surface area contributed by atoms with E-state index in [1.165, 1.54) is 0 Å². The highest BCUT2D eigenvalue weighted by molar-refractivity contribution is 5.85. The fraction of sp³-hybridized carbons (Fsp3) is 0.167. The molecule has 0 fully saturated rings. The fourth-order valence-corrected chi connectivity index (χ4v) is 2.87. The first kappa shape index (κ1) is 14.4. The molecular formula is C18H18N2O2. The summed E-state index contributed by atoms with van der Waals surface area (Å²) in [6.07, 6.45) is 2.47. The van der Waals surface area contributed by atoms with E-state index < -0.39 is 12.0 Å². The zero-order valence-electron chi connectivity index (χ0n) is 12.1. The van der Waals surface area contributed by atoms with E-state index in [0.29, 0.717) is 6.42 Å². The molecule has 3 rings (SSSR count). The van der Waals surface area contributed by atoms with Crippen molar-refractivity contribution in [3.8, 4) is 0 Å². The summed E-state index contributed by atoms with van der Waals surface area (Å²) >= 11 is 0. The second-order valence-corrected chi connectivity index (χ2v) is 5.45. The minimum Gasteiger partial charge on any atom is -0.480 e. The summed E-state index contributed by atoms with van der Waals surface area (Å²) in [5.74, 6) is -1.26. The number of hydrogen-bond donors (Lipinski definition) is 3. The Balaban J connectivity index is 2.03. The van der Waals surface area contributed by atoms with Crippen molar-refractivity contribution >= 4 is 16.9 Å². The van der Waals surface area contributed by atoms with Crippen LogP contribution in [0.15, 0.2) is 60.8 Å². The summed E-state index contributed by atoms with van der Waals surface area (Å²) in [5.41, 5.74) is 9.00. The Labute approximate surface area is 128 Å². The Morgan fingerprint density at radius 2 is 1.77 bits per heavy atom. The van der Waals surface area contributed by atoms with Gasteiger partial charge in [0.25, 0.3) is 0 Å². The maximum absolute atomic E-state index is 11.4. The molecule has 0 aliphatic heterocycles. The maximum Gasteiger partial charge on any atom is 0.321 e. The van der Waals surface area contributed by atoms with Gasteiger partial charge < -0.3 is 15.8 Å². The molecule has 112 valence electrons. The average Bonchev–Trinajstić information content (AvgIpc) is 2.97. The molecule has 0 aliphatic carbocycles. The largest absolute Gasteiger partial charge is 0.480 e. The Kier molecular flexibility index (Phi) is 3.94. The number of carboxylic acids is 1. The van der Waals surface area contributed by atoms with Gasteiger partial charge in [0.05, 0.1) is 0 Å². The summed E-state index contributed by atoms with van der Waals surface area (Å²) in [4.78, 5) is 14.6. The molecule has 4 nitrogen and oxygen atoms in total. The number of carboxylic acid groups (broad SMARTS) is 1. The fourth-order valence-electron chi connectivity index (χ4n) is 2.87. The van der Waals surface area contributed by atoms with E-state index in [9.17, 15) is 9.90 Å². The van der Waals surface area contributed by atoms with Crippen molar-refractivity contribution in [2.45, 2.75) is 18.4 Å². The summed E-state index contributed by atoms with van der Waals surface area (Å²) in [6.45, 7) is 0. The van der Waals surface area contributed by atoms with Gasteiger partial charge in [0, 0.05) is 23.0 Å². The van der Waals surface area contributed by atoms with Crippen LogP contribution in [0.5, 0.6) is 0 Å². The molecule has 0 radical (unpaired) electrons. The molecule has 22 heavy (non-hydrogen) atoms. The molecule has 0 aliphatic rings. The molecule has 4 N–H and O–H groups in total. The van der Waals surface area contributed by atoms with Crippen molar-refractivity contribution in [3.05, 3.63) is 71.9 Å². The normalized spacial score (nSPS) is 13.9. The first-order valence-corrected chi connectivity index (χ1v) is 7.25. The van der Waals surface area contributed by atoms with E-state index in [4.69, 9.17) is 5.73 Å². The van der Waals surface area contributed by atoms with Gasteiger partial charge in [0.2, 0.25) is 0 Å². The van der Waals surface area contributed by atoms with E-state index in [0.717, 1.165) is 22.0 Å². The van der Waals surface area contributed by atoms with E-state index in [1.807, 2.05) is 60.8 Å². The minimum absolute atomic E-state index is 0.281. The van der Waals surface area contributed by atoms with Crippen LogP contribution in [0.2, 0.25) is 0 Å². The topological polar surface area (TPSA) is 79.1 Å². The van der Waals surface area contributed by atoms with Crippen LogP contribution in [0, 0.1) is 0 Å². The average molecular weight is 294 g/mol. The lowest BCUT2D eigenvalue weighted by molar-refractivity contribution is -0.139. The molecule has 0 saturated carbocycles. The number of aliphatic carboxylic acids is 1. The Bertz CT molecular complexity index is 780. The Morgan fingerprint density at radius 1 is 1.09 bits per heavy atom. The van der Waals surface area contributed by atoms with Crippen molar-refractivity contribution in [1.82, 2.24) is 4.98 Å². The third-order valence-electron chi connectivity index (χ3n) is 4.04. The monoisotopic (exact) mass is 294 g/mol. The van der Waals surface area contributed by atoms with Crippen molar-refractivity contribution in [3.63, 3.8) is 0 Å². The van der Waals surface area contributed by atoms with Gasteiger partial charge in [-0.2, -0.15) is 0 Å². The van der Waals surface area contributed by atoms with Gasteiger partial charge >= 0.3 is 5.97 Å². The van der Waals surface area contributed by atoms with Crippen LogP contribution < -0.4 is 5.73 Å². The SMILES string of the molecule is N[C@H](C(=O)O)[C@H](Cc1ccccc1)c1c[nH]c2ccccc12. The number of hydrogen-bond acceptors (Lipinski definition) is 2. The first-order chi connectivity index (χ1) is 10.7. The second-order valence-electron chi connectivity index (χ2n) is 5.45.